The van der Waals surface area contributed by atoms with E-state index in [2.05, 4.69) is 97.1 Å². The van der Waals surface area contributed by atoms with Gasteiger partial charge in [0.15, 0.2) is 0 Å². The standard InChI is InChI=1S/C26H21BO2/c1-3-7-20(8-4-1)22-11-13-24(14-12-22)26-19-28-27(29-26)25-17-15-23(16-18-25)21-9-5-2-6-10-21/h1-18,26H,19H2/t26-/m0/s1. The Morgan fingerprint density at radius 1 is 0.552 bits per heavy atom. The van der Waals surface area contributed by atoms with E-state index >= 15 is 0 Å². The first-order valence-electron chi connectivity index (χ1n) is 9.95. The molecule has 5 rings (SSSR count). The van der Waals surface area contributed by atoms with Crippen molar-refractivity contribution >= 4 is 12.6 Å². The van der Waals surface area contributed by atoms with E-state index < -0.39 is 0 Å². The fraction of sp³-hybridized carbons (Fsp3) is 0.0769. The summed E-state index contributed by atoms with van der Waals surface area (Å²) >= 11 is 0. The summed E-state index contributed by atoms with van der Waals surface area (Å²) in [5, 5.41) is 0. The lowest BCUT2D eigenvalue weighted by Crippen LogP contribution is -2.31. The summed E-state index contributed by atoms with van der Waals surface area (Å²) in [4.78, 5) is 0. The fourth-order valence-corrected chi connectivity index (χ4v) is 3.74. The molecule has 0 N–H and O–H groups in total. The molecule has 0 amide bonds. The molecule has 0 radical (unpaired) electrons. The van der Waals surface area contributed by atoms with E-state index in [1.807, 2.05) is 12.1 Å². The molecule has 3 heteroatoms. The van der Waals surface area contributed by atoms with Gasteiger partial charge < -0.3 is 9.31 Å². The molecule has 1 saturated heterocycles. The summed E-state index contributed by atoms with van der Waals surface area (Å²) in [6.45, 7) is 0.565. The van der Waals surface area contributed by atoms with Crippen LogP contribution in [0.1, 0.15) is 11.7 Å². The van der Waals surface area contributed by atoms with E-state index in [1.165, 1.54) is 22.3 Å². The fourth-order valence-electron chi connectivity index (χ4n) is 3.74. The van der Waals surface area contributed by atoms with Crippen LogP contribution in [-0.2, 0) is 9.31 Å². The highest BCUT2D eigenvalue weighted by atomic mass is 16.6. The molecule has 0 bridgehead atoms. The maximum Gasteiger partial charge on any atom is 0.494 e. The summed E-state index contributed by atoms with van der Waals surface area (Å²) < 4.78 is 12.1. The molecule has 0 unspecified atom stereocenters. The van der Waals surface area contributed by atoms with Crippen LogP contribution < -0.4 is 5.46 Å². The lowest BCUT2D eigenvalue weighted by Gasteiger charge is -2.11. The summed E-state index contributed by atoms with van der Waals surface area (Å²) in [6.07, 6.45) is -0.0429. The number of hydrogen-bond acceptors (Lipinski definition) is 2. The van der Waals surface area contributed by atoms with E-state index in [0.29, 0.717) is 6.61 Å². The monoisotopic (exact) mass is 376 g/mol. The average Bonchev–Trinajstić information content (AvgIpc) is 3.31. The van der Waals surface area contributed by atoms with Gasteiger partial charge in [0, 0.05) is 0 Å². The SMILES string of the molecule is c1ccc(-c2ccc(B3OC[C@@H](c4ccc(-c5ccccc5)cc4)O3)cc2)cc1. The van der Waals surface area contributed by atoms with E-state index in [4.69, 9.17) is 9.31 Å². The molecular weight excluding hydrogens is 355 g/mol. The van der Waals surface area contributed by atoms with Crippen LogP contribution in [0.2, 0.25) is 0 Å². The van der Waals surface area contributed by atoms with Gasteiger partial charge in [0.2, 0.25) is 0 Å². The van der Waals surface area contributed by atoms with Crippen LogP contribution in [-0.4, -0.2) is 13.7 Å². The smallest absolute Gasteiger partial charge is 0.404 e. The molecule has 1 heterocycles. The minimum Gasteiger partial charge on any atom is -0.404 e. The molecule has 1 atom stereocenters. The highest BCUT2D eigenvalue weighted by Crippen LogP contribution is 2.28. The zero-order valence-corrected chi connectivity index (χ0v) is 16.1. The molecule has 1 aliphatic heterocycles. The van der Waals surface area contributed by atoms with Crippen LogP contribution in [0.3, 0.4) is 0 Å². The summed E-state index contributed by atoms with van der Waals surface area (Å²) in [5.74, 6) is 0. The van der Waals surface area contributed by atoms with Crippen molar-refractivity contribution in [3.63, 3.8) is 0 Å². The van der Waals surface area contributed by atoms with Crippen LogP contribution in [0.15, 0.2) is 109 Å². The van der Waals surface area contributed by atoms with Gasteiger partial charge in [-0.3, -0.25) is 0 Å². The summed E-state index contributed by atoms with van der Waals surface area (Å²) in [7, 11) is -0.321. The second-order valence-electron chi connectivity index (χ2n) is 7.27. The predicted octanol–water partition coefficient (Wildman–Crippen LogP) is 5.50. The molecule has 140 valence electrons. The zero-order valence-electron chi connectivity index (χ0n) is 16.1. The minimum absolute atomic E-state index is 0.0429. The van der Waals surface area contributed by atoms with E-state index in [1.54, 1.807) is 0 Å². The second-order valence-corrected chi connectivity index (χ2v) is 7.27. The molecule has 29 heavy (non-hydrogen) atoms. The average molecular weight is 376 g/mol. The summed E-state index contributed by atoms with van der Waals surface area (Å²) in [6, 6.07) is 37.8. The normalized spacial score (nSPS) is 16.1. The van der Waals surface area contributed by atoms with Crippen LogP contribution in [0, 0.1) is 0 Å². The lowest BCUT2D eigenvalue weighted by molar-refractivity contribution is 0.241. The zero-order chi connectivity index (χ0) is 19.5. The minimum atomic E-state index is -0.321. The van der Waals surface area contributed by atoms with Crippen molar-refractivity contribution in [2.24, 2.45) is 0 Å². The molecule has 1 fully saturated rings. The van der Waals surface area contributed by atoms with Crippen LogP contribution in [0.4, 0.5) is 0 Å². The van der Waals surface area contributed by atoms with Crippen LogP contribution >= 0.6 is 0 Å². The molecule has 4 aromatic carbocycles. The van der Waals surface area contributed by atoms with Crippen molar-refractivity contribution in [1.29, 1.82) is 0 Å². The predicted molar refractivity (Wildman–Crippen MR) is 119 cm³/mol. The lowest BCUT2D eigenvalue weighted by atomic mass is 9.79. The van der Waals surface area contributed by atoms with Gasteiger partial charge in [-0.05, 0) is 33.3 Å². The van der Waals surface area contributed by atoms with Gasteiger partial charge in [-0.2, -0.15) is 0 Å². The van der Waals surface area contributed by atoms with E-state index in [9.17, 15) is 0 Å². The van der Waals surface area contributed by atoms with Gasteiger partial charge in [0.1, 0.15) is 0 Å². The van der Waals surface area contributed by atoms with Crippen molar-refractivity contribution in [2.75, 3.05) is 6.61 Å². The number of rotatable bonds is 4. The first kappa shape index (κ1) is 17.9. The van der Waals surface area contributed by atoms with Gasteiger partial charge in [0.05, 0.1) is 12.7 Å². The van der Waals surface area contributed by atoms with Crippen molar-refractivity contribution < 1.29 is 9.31 Å². The molecule has 4 aromatic rings. The third-order valence-electron chi connectivity index (χ3n) is 5.37. The molecular formula is C26H21BO2. The first-order chi connectivity index (χ1) is 14.4. The van der Waals surface area contributed by atoms with Crippen molar-refractivity contribution in [3.8, 4) is 22.3 Å². The maximum absolute atomic E-state index is 6.20. The second kappa shape index (κ2) is 8.08. The molecule has 0 aromatic heterocycles. The maximum atomic E-state index is 6.20. The van der Waals surface area contributed by atoms with E-state index in [0.717, 1.165) is 11.0 Å². The van der Waals surface area contributed by atoms with Crippen molar-refractivity contribution in [2.45, 2.75) is 6.10 Å². The third kappa shape index (κ3) is 3.88. The van der Waals surface area contributed by atoms with Crippen molar-refractivity contribution in [3.05, 3.63) is 115 Å². The highest BCUT2D eigenvalue weighted by molar-refractivity contribution is 6.61. The first-order valence-corrected chi connectivity index (χ1v) is 9.95. The largest absolute Gasteiger partial charge is 0.494 e. The Hall–Kier alpha value is -3.14. The Morgan fingerprint density at radius 3 is 1.59 bits per heavy atom. The quantitative estimate of drug-likeness (QED) is 0.438. The van der Waals surface area contributed by atoms with Crippen molar-refractivity contribution in [1.82, 2.24) is 0 Å². The van der Waals surface area contributed by atoms with Crippen LogP contribution in [0.25, 0.3) is 22.3 Å². The Balaban J connectivity index is 1.28. The molecule has 2 nitrogen and oxygen atoms in total. The van der Waals surface area contributed by atoms with Gasteiger partial charge in [-0.1, -0.05) is 109 Å². The Morgan fingerprint density at radius 2 is 1.03 bits per heavy atom. The number of benzene rings is 4. The Labute approximate surface area is 171 Å². The third-order valence-corrected chi connectivity index (χ3v) is 5.37. The Kier molecular flexibility index (Phi) is 5.00. The highest BCUT2D eigenvalue weighted by Gasteiger charge is 2.33. The molecule has 0 spiro atoms. The van der Waals surface area contributed by atoms with Gasteiger partial charge >= 0.3 is 7.12 Å². The molecule has 0 aliphatic carbocycles. The number of hydrogen-bond donors (Lipinski definition) is 0. The Bertz CT molecular complexity index is 972. The van der Waals surface area contributed by atoms with Gasteiger partial charge in [-0.25, -0.2) is 0 Å². The van der Waals surface area contributed by atoms with Gasteiger partial charge in [-0.15, -0.1) is 0 Å². The van der Waals surface area contributed by atoms with E-state index in [-0.39, 0.29) is 13.2 Å². The van der Waals surface area contributed by atoms with Crippen LogP contribution in [0.5, 0.6) is 0 Å². The summed E-state index contributed by atoms with van der Waals surface area (Å²) in [5.41, 5.74) is 7.03. The topological polar surface area (TPSA) is 18.5 Å². The van der Waals surface area contributed by atoms with Gasteiger partial charge in [0.25, 0.3) is 0 Å². The molecule has 0 saturated carbocycles. The molecule has 1 aliphatic rings.